The highest BCUT2D eigenvalue weighted by atomic mass is 35.5. The number of nitrogens with one attached hydrogen (secondary N) is 1. The van der Waals surface area contributed by atoms with Gasteiger partial charge in [-0.1, -0.05) is 11.6 Å². The molecule has 1 amide bonds. The SMILES string of the molecule is Nc1c(F)cc(Cl)cc1C(=O)N[C@@H]1CCO[C@H](C2CC2)C1. The number of hydrogen-bond acceptors (Lipinski definition) is 3. The van der Waals surface area contributed by atoms with Gasteiger partial charge in [-0.15, -0.1) is 0 Å². The Morgan fingerprint density at radius 3 is 2.86 bits per heavy atom. The number of amides is 1. The van der Waals surface area contributed by atoms with E-state index in [2.05, 4.69) is 5.32 Å². The second kappa shape index (κ2) is 5.81. The quantitative estimate of drug-likeness (QED) is 0.844. The Labute approximate surface area is 127 Å². The molecule has 0 radical (unpaired) electrons. The minimum Gasteiger partial charge on any atom is -0.396 e. The molecule has 1 aliphatic heterocycles. The Bertz CT molecular complexity index is 563. The number of benzene rings is 1. The molecule has 0 unspecified atom stereocenters. The van der Waals surface area contributed by atoms with Gasteiger partial charge in [0.15, 0.2) is 0 Å². The van der Waals surface area contributed by atoms with Gasteiger partial charge >= 0.3 is 0 Å². The van der Waals surface area contributed by atoms with Crippen molar-refractivity contribution < 1.29 is 13.9 Å². The number of carbonyl (C=O) groups is 1. The fourth-order valence-electron chi connectivity index (χ4n) is 2.79. The summed E-state index contributed by atoms with van der Waals surface area (Å²) in [6.07, 6.45) is 4.21. The average molecular weight is 313 g/mol. The van der Waals surface area contributed by atoms with Crippen LogP contribution in [0.1, 0.15) is 36.0 Å². The molecule has 2 aliphatic rings. The second-order valence-electron chi connectivity index (χ2n) is 5.79. The van der Waals surface area contributed by atoms with Crippen LogP contribution in [0.25, 0.3) is 0 Å². The molecule has 2 atom stereocenters. The van der Waals surface area contributed by atoms with E-state index in [1.54, 1.807) is 0 Å². The van der Waals surface area contributed by atoms with Crippen LogP contribution in [0.2, 0.25) is 5.02 Å². The van der Waals surface area contributed by atoms with E-state index in [1.165, 1.54) is 18.9 Å². The lowest BCUT2D eigenvalue weighted by molar-refractivity contribution is -0.0102. The molecule has 1 aromatic carbocycles. The molecule has 0 bridgehead atoms. The monoisotopic (exact) mass is 312 g/mol. The number of hydrogen-bond donors (Lipinski definition) is 2. The van der Waals surface area contributed by atoms with Gasteiger partial charge in [-0.25, -0.2) is 4.39 Å². The summed E-state index contributed by atoms with van der Waals surface area (Å²) in [4.78, 5) is 12.3. The van der Waals surface area contributed by atoms with Crippen molar-refractivity contribution in [3.63, 3.8) is 0 Å². The highest BCUT2D eigenvalue weighted by Gasteiger charge is 2.36. The van der Waals surface area contributed by atoms with Crippen LogP contribution in [0.15, 0.2) is 12.1 Å². The fraction of sp³-hybridized carbons (Fsp3) is 0.533. The minimum atomic E-state index is -0.671. The van der Waals surface area contributed by atoms with E-state index in [9.17, 15) is 9.18 Å². The van der Waals surface area contributed by atoms with Crippen molar-refractivity contribution in [3.05, 3.63) is 28.5 Å². The molecule has 1 aliphatic carbocycles. The van der Waals surface area contributed by atoms with Crippen LogP contribution >= 0.6 is 11.6 Å². The largest absolute Gasteiger partial charge is 0.396 e. The Morgan fingerprint density at radius 2 is 2.14 bits per heavy atom. The Hall–Kier alpha value is -1.33. The van der Waals surface area contributed by atoms with E-state index >= 15 is 0 Å². The summed E-state index contributed by atoms with van der Waals surface area (Å²) in [6.45, 7) is 0.644. The number of halogens is 2. The van der Waals surface area contributed by atoms with Crippen molar-refractivity contribution in [1.29, 1.82) is 0 Å². The van der Waals surface area contributed by atoms with E-state index in [0.717, 1.165) is 18.9 Å². The third-order valence-corrected chi connectivity index (χ3v) is 4.36. The Morgan fingerprint density at radius 1 is 1.38 bits per heavy atom. The molecule has 1 saturated carbocycles. The molecule has 1 heterocycles. The van der Waals surface area contributed by atoms with Gasteiger partial charge in [0.25, 0.3) is 5.91 Å². The molecule has 1 aromatic rings. The van der Waals surface area contributed by atoms with Gasteiger partial charge in [0.05, 0.1) is 17.4 Å². The maximum Gasteiger partial charge on any atom is 0.253 e. The van der Waals surface area contributed by atoms with Gasteiger partial charge in [0.2, 0.25) is 0 Å². The molecule has 1 saturated heterocycles. The third-order valence-electron chi connectivity index (χ3n) is 4.14. The molecule has 114 valence electrons. The second-order valence-corrected chi connectivity index (χ2v) is 6.23. The van der Waals surface area contributed by atoms with E-state index in [-0.39, 0.29) is 34.3 Å². The van der Waals surface area contributed by atoms with Gasteiger partial charge in [-0.05, 0) is 43.7 Å². The van der Waals surface area contributed by atoms with Crippen LogP contribution in [0.3, 0.4) is 0 Å². The number of carbonyl (C=O) groups excluding carboxylic acids is 1. The van der Waals surface area contributed by atoms with Crippen molar-refractivity contribution in [1.82, 2.24) is 5.32 Å². The predicted molar refractivity (Wildman–Crippen MR) is 78.8 cm³/mol. The first-order valence-electron chi connectivity index (χ1n) is 7.21. The van der Waals surface area contributed by atoms with Crippen molar-refractivity contribution in [2.45, 2.75) is 37.8 Å². The van der Waals surface area contributed by atoms with Crippen LogP contribution in [0, 0.1) is 11.7 Å². The van der Waals surface area contributed by atoms with Gasteiger partial charge in [0, 0.05) is 17.7 Å². The molecule has 6 heteroatoms. The zero-order valence-corrected chi connectivity index (χ0v) is 12.3. The summed E-state index contributed by atoms with van der Waals surface area (Å²) in [5.74, 6) is -0.413. The van der Waals surface area contributed by atoms with E-state index in [0.29, 0.717) is 12.5 Å². The van der Waals surface area contributed by atoms with Gasteiger partial charge in [0.1, 0.15) is 5.82 Å². The molecule has 3 N–H and O–H groups in total. The zero-order chi connectivity index (χ0) is 15.0. The number of nitrogen functional groups attached to an aromatic ring is 1. The normalized spacial score (nSPS) is 25.6. The van der Waals surface area contributed by atoms with Crippen molar-refractivity contribution in [2.24, 2.45) is 5.92 Å². The first kappa shape index (κ1) is 14.6. The zero-order valence-electron chi connectivity index (χ0n) is 11.6. The first-order chi connectivity index (χ1) is 10.0. The Kier molecular flexibility index (Phi) is 4.04. The van der Waals surface area contributed by atoms with Gasteiger partial charge in [-0.3, -0.25) is 4.79 Å². The highest BCUT2D eigenvalue weighted by Crippen LogP contribution is 2.38. The topological polar surface area (TPSA) is 64.4 Å². The van der Waals surface area contributed by atoms with Crippen molar-refractivity contribution in [3.8, 4) is 0 Å². The van der Waals surface area contributed by atoms with Crippen LogP contribution in [-0.2, 0) is 4.74 Å². The van der Waals surface area contributed by atoms with Crippen LogP contribution in [-0.4, -0.2) is 24.7 Å². The highest BCUT2D eigenvalue weighted by molar-refractivity contribution is 6.31. The summed E-state index contributed by atoms with van der Waals surface area (Å²) in [5.41, 5.74) is 5.55. The summed E-state index contributed by atoms with van der Waals surface area (Å²) in [6, 6.07) is 2.54. The lowest BCUT2D eigenvalue weighted by Crippen LogP contribution is -2.42. The van der Waals surface area contributed by atoms with E-state index in [1.807, 2.05) is 0 Å². The molecule has 0 aromatic heterocycles. The molecule has 21 heavy (non-hydrogen) atoms. The molecular weight excluding hydrogens is 295 g/mol. The first-order valence-corrected chi connectivity index (χ1v) is 7.59. The number of nitrogens with two attached hydrogens (primary N) is 1. The summed E-state index contributed by atoms with van der Waals surface area (Å²) in [5, 5.41) is 3.08. The van der Waals surface area contributed by atoms with Crippen molar-refractivity contribution in [2.75, 3.05) is 12.3 Å². The minimum absolute atomic E-state index is 0.0401. The maximum atomic E-state index is 13.5. The Balaban J connectivity index is 1.68. The molecule has 3 rings (SSSR count). The smallest absolute Gasteiger partial charge is 0.253 e. The van der Waals surface area contributed by atoms with Gasteiger partial charge in [-0.2, -0.15) is 0 Å². The molecule has 4 nitrogen and oxygen atoms in total. The molecular formula is C15H18ClFN2O2. The average Bonchev–Trinajstić information content (AvgIpc) is 3.27. The fourth-order valence-corrected chi connectivity index (χ4v) is 3.00. The van der Waals surface area contributed by atoms with Crippen molar-refractivity contribution >= 4 is 23.2 Å². The predicted octanol–water partition coefficient (Wildman–Crippen LogP) is 2.75. The number of rotatable bonds is 3. The lowest BCUT2D eigenvalue weighted by atomic mass is 9.99. The van der Waals surface area contributed by atoms with Gasteiger partial charge < -0.3 is 15.8 Å². The van der Waals surface area contributed by atoms with E-state index < -0.39 is 5.82 Å². The summed E-state index contributed by atoms with van der Waals surface area (Å²) in [7, 11) is 0. The van der Waals surface area contributed by atoms with E-state index in [4.69, 9.17) is 22.1 Å². The third kappa shape index (κ3) is 3.30. The number of ether oxygens (including phenoxy) is 1. The molecule has 2 fully saturated rings. The van der Waals surface area contributed by atoms with Crippen LogP contribution in [0.4, 0.5) is 10.1 Å². The maximum absolute atomic E-state index is 13.5. The lowest BCUT2D eigenvalue weighted by Gasteiger charge is -2.30. The number of anilines is 1. The van der Waals surface area contributed by atoms with Crippen LogP contribution in [0.5, 0.6) is 0 Å². The summed E-state index contributed by atoms with van der Waals surface area (Å²) < 4.78 is 19.3. The molecule has 0 spiro atoms. The van der Waals surface area contributed by atoms with Crippen LogP contribution < -0.4 is 11.1 Å². The standard InChI is InChI=1S/C15H18ClFN2O2/c16-9-5-11(14(18)12(17)6-9)15(20)19-10-3-4-21-13(7-10)8-1-2-8/h5-6,8,10,13H,1-4,7,18H2,(H,19,20)/t10-,13+/m1/s1. The summed E-state index contributed by atoms with van der Waals surface area (Å²) >= 11 is 5.79.